The lowest BCUT2D eigenvalue weighted by molar-refractivity contribution is -0.137. The number of sulfonamides is 1. The molecule has 2 heterocycles. The average Bonchev–Trinajstić information content (AvgIpc) is 3.57. The van der Waals surface area contributed by atoms with E-state index < -0.39 is 27.6 Å². The Kier molecular flexibility index (Phi) is 6.30. The van der Waals surface area contributed by atoms with E-state index in [0.717, 1.165) is 15.6 Å². The van der Waals surface area contributed by atoms with Crippen molar-refractivity contribution in [3.8, 4) is 22.5 Å². The van der Waals surface area contributed by atoms with Crippen LogP contribution in [0.1, 0.15) is 5.56 Å². The fraction of sp³-hybridized carbons (Fsp3) is 0.0400. The van der Waals surface area contributed by atoms with E-state index >= 15 is 0 Å². The van der Waals surface area contributed by atoms with Crippen molar-refractivity contribution >= 4 is 32.2 Å². The van der Waals surface area contributed by atoms with Gasteiger partial charge in [-0.05, 0) is 42.5 Å². The highest BCUT2D eigenvalue weighted by Crippen LogP contribution is 2.39. The molecule has 0 saturated carbocycles. The van der Waals surface area contributed by atoms with Crippen LogP contribution in [0.15, 0.2) is 99.9 Å². The molecule has 5 rings (SSSR count). The first-order valence-corrected chi connectivity index (χ1v) is 12.9. The summed E-state index contributed by atoms with van der Waals surface area (Å²) in [6.45, 7) is 0. The van der Waals surface area contributed by atoms with E-state index in [1.165, 1.54) is 23.8 Å². The molecule has 0 aliphatic carbocycles. The van der Waals surface area contributed by atoms with Gasteiger partial charge in [0.2, 0.25) is 5.13 Å². The molecule has 5 aromatic rings. The molecule has 6 nitrogen and oxygen atoms in total. The van der Waals surface area contributed by atoms with Gasteiger partial charge in [0.25, 0.3) is 10.0 Å². The number of para-hydroxylation sites is 1. The first kappa shape index (κ1) is 24.7. The molecular formula is C25H15F4N3O3S2. The Labute approximate surface area is 212 Å². The number of aromatic nitrogens is 2. The molecule has 3 aromatic carbocycles. The number of halogens is 4. The maximum Gasteiger partial charge on any atom is 0.416 e. The van der Waals surface area contributed by atoms with Crippen molar-refractivity contribution in [2.45, 2.75) is 11.1 Å². The van der Waals surface area contributed by atoms with Gasteiger partial charge in [-0.1, -0.05) is 35.5 Å². The van der Waals surface area contributed by atoms with Gasteiger partial charge in [-0.15, -0.1) is 11.3 Å². The third-order valence-corrected chi connectivity index (χ3v) is 8.03. The molecular weight excluding hydrogens is 530 g/mol. The van der Waals surface area contributed by atoms with Crippen molar-refractivity contribution in [3.05, 3.63) is 102 Å². The normalized spacial score (nSPS) is 12.0. The third kappa shape index (κ3) is 4.85. The lowest BCUT2D eigenvalue weighted by Gasteiger charge is -2.22. The average molecular weight is 546 g/mol. The molecule has 0 N–H and O–H groups in total. The van der Waals surface area contributed by atoms with Crippen molar-refractivity contribution in [2.75, 3.05) is 4.31 Å². The summed E-state index contributed by atoms with van der Waals surface area (Å²) < 4.78 is 87.4. The predicted molar refractivity (Wildman–Crippen MR) is 130 cm³/mol. The van der Waals surface area contributed by atoms with E-state index in [1.807, 2.05) is 0 Å². The quantitative estimate of drug-likeness (QED) is 0.212. The zero-order chi connectivity index (χ0) is 26.2. The number of thiazole rings is 1. The molecule has 0 unspecified atom stereocenters. The highest BCUT2D eigenvalue weighted by Gasteiger charge is 2.33. The molecule has 12 heteroatoms. The lowest BCUT2D eigenvalue weighted by atomic mass is 10.1. The molecule has 0 aliphatic rings. The molecule has 0 aliphatic heterocycles. The Balaban J connectivity index is 1.58. The van der Waals surface area contributed by atoms with Crippen molar-refractivity contribution in [1.29, 1.82) is 0 Å². The maximum absolute atomic E-state index is 14.5. The van der Waals surface area contributed by atoms with Gasteiger partial charge in [-0.3, -0.25) is 0 Å². The van der Waals surface area contributed by atoms with E-state index in [4.69, 9.17) is 4.52 Å². The number of alkyl halides is 3. The van der Waals surface area contributed by atoms with E-state index in [2.05, 4.69) is 10.1 Å². The summed E-state index contributed by atoms with van der Waals surface area (Å²) in [6, 6.07) is 17.6. The Morgan fingerprint density at radius 2 is 1.62 bits per heavy atom. The van der Waals surface area contributed by atoms with Crippen LogP contribution in [0.5, 0.6) is 0 Å². The second-order valence-electron chi connectivity index (χ2n) is 7.72. The summed E-state index contributed by atoms with van der Waals surface area (Å²) in [6.07, 6.45) is -3.29. The Bertz CT molecular complexity index is 1640. The van der Waals surface area contributed by atoms with E-state index in [9.17, 15) is 26.0 Å². The van der Waals surface area contributed by atoms with Crippen LogP contribution in [0.25, 0.3) is 22.5 Å². The van der Waals surface area contributed by atoms with Gasteiger partial charge in [0.15, 0.2) is 0 Å². The van der Waals surface area contributed by atoms with Crippen LogP contribution in [0.4, 0.5) is 28.4 Å². The number of anilines is 2. The summed E-state index contributed by atoms with van der Waals surface area (Å²) in [7, 11) is -4.24. The minimum absolute atomic E-state index is 0.0643. The fourth-order valence-electron chi connectivity index (χ4n) is 3.56. The molecule has 0 saturated heterocycles. The van der Waals surface area contributed by atoms with Gasteiger partial charge in [0, 0.05) is 22.6 Å². The largest absolute Gasteiger partial charge is 0.416 e. The molecule has 0 atom stereocenters. The molecule has 0 fully saturated rings. The fourth-order valence-corrected chi connectivity index (χ4v) is 6.07. The number of rotatable bonds is 6. The van der Waals surface area contributed by atoms with Crippen LogP contribution in [0, 0.1) is 5.82 Å². The molecule has 0 spiro atoms. The van der Waals surface area contributed by atoms with E-state index in [0.29, 0.717) is 29.5 Å². The first-order valence-electron chi connectivity index (χ1n) is 10.6. The molecule has 37 heavy (non-hydrogen) atoms. The number of hydrogen-bond acceptors (Lipinski definition) is 6. The summed E-state index contributed by atoms with van der Waals surface area (Å²) in [4.78, 5) is 4.16. The Morgan fingerprint density at radius 3 is 2.27 bits per heavy atom. The summed E-state index contributed by atoms with van der Waals surface area (Å²) in [5.74, 6) is -0.914. The van der Waals surface area contributed by atoms with Crippen molar-refractivity contribution in [3.63, 3.8) is 0 Å². The summed E-state index contributed by atoms with van der Waals surface area (Å²) in [5, 5.41) is 5.07. The minimum atomic E-state index is -4.68. The van der Waals surface area contributed by atoms with Crippen LogP contribution >= 0.6 is 11.3 Å². The van der Waals surface area contributed by atoms with Crippen LogP contribution < -0.4 is 4.31 Å². The SMILES string of the molecule is O=S(=O)(c1ccc(-c2ccon2)cc1)N(c1ccccc1)c1nc(-c2cc(C(F)(F)F)ccc2F)cs1. The third-order valence-electron chi connectivity index (χ3n) is 5.35. The predicted octanol–water partition coefficient (Wildman–Crippen LogP) is 7.15. The first-order chi connectivity index (χ1) is 17.6. The van der Waals surface area contributed by atoms with Crippen LogP contribution in [-0.4, -0.2) is 18.6 Å². The Hall–Kier alpha value is -4.03. The summed E-state index contributed by atoms with van der Waals surface area (Å²) >= 11 is 0.857. The highest BCUT2D eigenvalue weighted by atomic mass is 32.2. The second kappa shape index (κ2) is 9.45. The van der Waals surface area contributed by atoms with Gasteiger partial charge in [0.1, 0.15) is 17.8 Å². The zero-order valence-electron chi connectivity index (χ0n) is 18.6. The van der Waals surface area contributed by atoms with Crippen LogP contribution in [0.3, 0.4) is 0 Å². The topological polar surface area (TPSA) is 76.3 Å². The standard InChI is InChI=1S/C25H15F4N3O3S2/c26-21-11-8-17(25(27,28)29)14-20(21)23-15-36-24(30-23)32(18-4-2-1-3-5-18)37(33,34)19-9-6-16(7-10-19)22-12-13-35-31-22/h1-15H. The number of hydrogen-bond donors (Lipinski definition) is 0. The maximum atomic E-state index is 14.5. The van der Waals surface area contributed by atoms with E-state index in [1.54, 1.807) is 48.5 Å². The van der Waals surface area contributed by atoms with Crippen molar-refractivity contribution in [2.24, 2.45) is 0 Å². The van der Waals surface area contributed by atoms with Crippen molar-refractivity contribution in [1.82, 2.24) is 10.1 Å². The molecule has 188 valence electrons. The van der Waals surface area contributed by atoms with E-state index in [-0.39, 0.29) is 27.0 Å². The lowest BCUT2D eigenvalue weighted by Crippen LogP contribution is -2.26. The number of benzene rings is 3. The Morgan fingerprint density at radius 1 is 0.892 bits per heavy atom. The highest BCUT2D eigenvalue weighted by molar-refractivity contribution is 7.93. The van der Waals surface area contributed by atoms with Gasteiger partial charge >= 0.3 is 6.18 Å². The summed E-state index contributed by atoms with van der Waals surface area (Å²) in [5.41, 5.74) is -0.153. The van der Waals surface area contributed by atoms with Gasteiger partial charge in [0.05, 0.1) is 21.8 Å². The van der Waals surface area contributed by atoms with Crippen molar-refractivity contribution < 1.29 is 30.5 Å². The zero-order valence-corrected chi connectivity index (χ0v) is 20.2. The smallest absolute Gasteiger partial charge is 0.364 e. The van der Waals surface area contributed by atoms with Gasteiger partial charge in [-0.2, -0.15) is 13.2 Å². The molecule has 2 aromatic heterocycles. The molecule has 0 amide bonds. The van der Waals surface area contributed by atoms with Crippen LogP contribution in [-0.2, 0) is 16.2 Å². The van der Waals surface area contributed by atoms with Crippen LogP contribution in [0.2, 0.25) is 0 Å². The van der Waals surface area contributed by atoms with Gasteiger partial charge in [-0.25, -0.2) is 22.1 Å². The van der Waals surface area contributed by atoms with Gasteiger partial charge < -0.3 is 4.52 Å². The second-order valence-corrected chi connectivity index (χ2v) is 10.3. The molecule has 0 radical (unpaired) electrons. The number of nitrogens with zero attached hydrogens (tertiary/aromatic N) is 3. The molecule has 0 bridgehead atoms. The monoisotopic (exact) mass is 545 g/mol. The minimum Gasteiger partial charge on any atom is -0.364 e.